The Morgan fingerprint density at radius 3 is 2.14 bits per heavy atom. The lowest BCUT2D eigenvalue weighted by Crippen LogP contribution is -2.62. The van der Waals surface area contributed by atoms with Crippen LogP contribution < -0.4 is 0 Å². The first-order valence-electron chi connectivity index (χ1n) is 11.7. The number of rotatable bonds is 6. The average Bonchev–Trinajstić information content (AvgIpc) is 2.91. The number of hydrogen-bond acceptors (Lipinski definition) is 8. The number of amides is 1. The van der Waals surface area contributed by atoms with Gasteiger partial charge in [0, 0.05) is 24.2 Å². The third kappa shape index (κ3) is 4.31. The van der Waals surface area contributed by atoms with E-state index in [1.807, 2.05) is 30.3 Å². The van der Waals surface area contributed by atoms with Crippen LogP contribution in [0.2, 0.25) is 0 Å². The molecule has 9 heteroatoms. The van der Waals surface area contributed by atoms with Crippen molar-refractivity contribution in [2.45, 2.75) is 38.5 Å². The molecule has 2 aliphatic rings. The summed E-state index contributed by atoms with van der Waals surface area (Å²) in [6.07, 6.45) is -0.562. The fourth-order valence-electron chi connectivity index (χ4n) is 4.91. The average molecular weight is 505 g/mol. The smallest absolute Gasteiger partial charge is 0.348 e. The SMILES string of the molecule is COC(=O)C1=C(C)N(Cc2ccccc2)C2=C(C(C)=O)C[C@@](O)(C(=O)OC)C(=O)N2[C@@H]1c1ccccc1. The number of nitrogens with zero attached hydrogens (tertiary/aromatic N) is 2. The number of methoxy groups -OCH3 is 2. The standard InChI is InChI=1S/C28H28N2O7/c1-17-22(25(32)36-3)23(20-13-9-6-10-14-20)30-24(29(17)16-19-11-7-5-8-12-19)21(18(2)31)15-28(35,26(30)33)27(34)37-4/h5-14,23,35H,15-16H2,1-4H3/t23-,28+/m1/s1. The van der Waals surface area contributed by atoms with Crippen molar-refractivity contribution in [3.63, 3.8) is 0 Å². The van der Waals surface area contributed by atoms with E-state index in [0.717, 1.165) is 17.6 Å². The highest BCUT2D eigenvalue weighted by molar-refractivity contribution is 6.11. The Labute approximate surface area is 214 Å². The van der Waals surface area contributed by atoms with Crippen molar-refractivity contribution in [2.24, 2.45) is 0 Å². The summed E-state index contributed by atoms with van der Waals surface area (Å²) in [5.41, 5.74) is -0.598. The molecule has 37 heavy (non-hydrogen) atoms. The van der Waals surface area contributed by atoms with E-state index < -0.39 is 41.7 Å². The molecule has 0 radical (unpaired) electrons. The van der Waals surface area contributed by atoms with Gasteiger partial charge in [0.1, 0.15) is 5.82 Å². The van der Waals surface area contributed by atoms with Crippen LogP contribution in [-0.2, 0) is 35.2 Å². The zero-order valence-corrected chi connectivity index (χ0v) is 21.1. The predicted molar refractivity (Wildman–Crippen MR) is 132 cm³/mol. The van der Waals surface area contributed by atoms with Crippen LogP contribution in [0, 0.1) is 0 Å². The van der Waals surface area contributed by atoms with Gasteiger partial charge in [-0.25, -0.2) is 9.59 Å². The molecule has 0 saturated carbocycles. The predicted octanol–water partition coefficient (Wildman–Crippen LogP) is 2.63. The van der Waals surface area contributed by atoms with Gasteiger partial charge in [-0.3, -0.25) is 14.5 Å². The topological polar surface area (TPSA) is 113 Å². The second-order valence-corrected chi connectivity index (χ2v) is 8.94. The Morgan fingerprint density at radius 1 is 1.00 bits per heavy atom. The molecule has 2 aromatic carbocycles. The van der Waals surface area contributed by atoms with Gasteiger partial charge < -0.3 is 19.5 Å². The molecule has 2 heterocycles. The fourth-order valence-corrected chi connectivity index (χ4v) is 4.91. The zero-order chi connectivity index (χ0) is 26.9. The molecule has 192 valence electrons. The van der Waals surface area contributed by atoms with Gasteiger partial charge in [0.15, 0.2) is 5.78 Å². The van der Waals surface area contributed by atoms with Gasteiger partial charge in [-0.05, 0) is 25.0 Å². The number of Topliss-reactive ketones (excluding diaryl/α,β-unsaturated/α-hetero) is 1. The van der Waals surface area contributed by atoms with Crippen molar-refractivity contribution < 1.29 is 33.8 Å². The maximum Gasteiger partial charge on any atom is 0.348 e. The van der Waals surface area contributed by atoms with E-state index in [9.17, 15) is 24.3 Å². The van der Waals surface area contributed by atoms with Crippen molar-refractivity contribution in [1.82, 2.24) is 9.80 Å². The summed E-state index contributed by atoms with van der Waals surface area (Å²) in [4.78, 5) is 55.8. The molecule has 9 nitrogen and oxygen atoms in total. The van der Waals surface area contributed by atoms with Gasteiger partial charge in [0.25, 0.3) is 5.91 Å². The lowest BCUT2D eigenvalue weighted by atomic mass is 9.82. The van der Waals surface area contributed by atoms with E-state index in [2.05, 4.69) is 0 Å². The molecule has 0 aliphatic carbocycles. The number of carbonyl (C=O) groups excluding carboxylic acids is 4. The van der Waals surface area contributed by atoms with Crippen LogP contribution in [0.5, 0.6) is 0 Å². The first kappa shape index (κ1) is 25.8. The molecule has 0 unspecified atom stereocenters. The van der Waals surface area contributed by atoms with Crippen molar-refractivity contribution >= 4 is 23.6 Å². The molecule has 2 aliphatic heterocycles. The first-order valence-corrected chi connectivity index (χ1v) is 11.7. The van der Waals surface area contributed by atoms with Crippen molar-refractivity contribution in [2.75, 3.05) is 14.2 Å². The monoisotopic (exact) mass is 504 g/mol. The summed E-state index contributed by atoms with van der Waals surface area (Å²) in [7, 11) is 2.29. The molecule has 2 atom stereocenters. The van der Waals surface area contributed by atoms with E-state index in [1.54, 1.807) is 42.2 Å². The van der Waals surface area contributed by atoms with E-state index in [-0.39, 0.29) is 23.5 Å². The number of carbonyl (C=O) groups is 4. The van der Waals surface area contributed by atoms with Crippen LogP contribution in [0.4, 0.5) is 0 Å². The van der Waals surface area contributed by atoms with Crippen LogP contribution in [0.1, 0.15) is 37.4 Å². The maximum absolute atomic E-state index is 14.0. The van der Waals surface area contributed by atoms with E-state index >= 15 is 0 Å². The molecule has 0 saturated heterocycles. The van der Waals surface area contributed by atoms with Crippen molar-refractivity contribution in [3.05, 3.63) is 94.5 Å². The highest BCUT2D eigenvalue weighted by atomic mass is 16.5. The van der Waals surface area contributed by atoms with Crippen LogP contribution in [0.25, 0.3) is 0 Å². The van der Waals surface area contributed by atoms with Crippen LogP contribution in [0.15, 0.2) is 83.3 Å². The normalized spacial score (nSPS) is 21.5. The second kappa shape index (κ2) is 10.0. The van der Waals surface area contributed by atoms with Crippen LogP contribution >= 0.6 is 0 Å². The number of hydrogen-bond donors (Lipinski definition) is 1. The third-order valence-corrected chi connectivity index (χ3v) is 6.74. The number of fused-ring (bicyclic) bond motifs is 1. The lowest BCUT2D eigenvalue weighted by Gasteiger charge is -2.50. The van der Waals surface area contributed by atoms with Crippen molar-refractivity contribution in [1.29, 1.82) is 0 Å². The van der Waals surface area contributed by atoms with Gasteiger partial charge >= 0.3 is 11.9 Å². The van der Waals surface area contributed by atoms with E-state index in [4.69, 9.17) is 9.47 Å². The first-order chi connectivity index (χ1) is 17.7. The van der Waals surface area contributed by atoms with Crippen molar-refractivity contribution in [3.8, 4) is 0 Å². The van der Waals surface area contributed by atoms with E-state index in [0.29, 0.717) is 11.3 Å². The van der Waals surface area contributed by atoms with Gasteiger partial charge in [-0.2, -0.15) is 0 Å². The quantitative estimate of drug-likeness (QED) is 0.472. The fraction of sp³-hybridized carbons (Fsp3) is 0.286. The zero-order valence-electron chi connectivity index (χ0n) is 21.1. The second-order valence-electron chi connectivity index (χ2n) is 8.94. The lowest BCUT2D eigenvalue weighted by molar-refractivity contribution is -0.177. The Hall–Kier alpha value is -4.24. The van der Waals surface area contributed by atoms with Gasteiger partial charge in [-0.1, -0.05) is 60.7 Å². The maximum atomic E-state index is 14.0. The summed E-state index contributed by atoms with van der Waals surface area (Å²) < 4.78 is 9.89. The highest BCUT2D eigenvalue weighted by Crippen LogP contribution is 2.48. The molecule has 2 aromatic rings. The van der Waals surface area contributed by atoms with Crippen LogP contribution in [-0.4, -0.2) is 58.4 Å². The molecule has 0 bridgehead atoms. The summed E-state index contributed by atoms with van der Waals surface area (Å²) in [5.74, 6) is -3.11. The molecule has 0 fully saturated rings. The van der Waals surface area contributed by atoms with Crippen LogP contribution in [0.3, 0.4) is 0 Å². The molecular formula is C28H28N2O7. The minimum Gasteiger partial charge on any atom is -0.466 e. The summed E-state index contributed by atoms with van der Waals surface area (Å²) in [6, 6.07) is 17.0. The van der Waals surface area contributed by atoms with Gasteiger partial charge in [0.2, 0.25) is 5.60 Å². The Morgan fingerprint density at radius 2 is 1.59 bits per heavy atom. The number of esters is 2. The summed E-state index contributed by atoms with van der Waals surface area (Å²) in [5, 5.41) is 11.4. The molecule has 4 rings (SSSR count). The molecule has 1 amide bonds. The van der Waals surface area contributed by atoms with E-state index in [1.165, 1.54) is 14.0 Å². The number of aliphatic hydroxyl groups is 1. The summed E-state index contributed by atoms with van der Waals surface area (Å²) in [6.45, 7) is 3.24. The number of allylic oxidation sites excluding steroid dienone is 1. The third-order valence-electron chi connectivity index (χ3n) is 6.74. The molecule has 0 spiro atoms. The molecule has 1 N–H and O–H groups in total. The Balaban J connectivity index is 2.09. The van der Waals surface area contributed by atoms with Gasteiger partial charge in [0.05, 0.1) is 25.8 Å². The Bertz CT molecular complexity index is 1320. The molecular weight excluding hydrogens is 476 g/mol. The summed E-state index contributed by atoms with van der Waals surface area (Å²) >= 11 is 0. The van der Waals surface area contributed by atoms with Gasteiger partial charge in [-0.15, -0.1) is 0 Å². The minimum absolute atomic E-state index is 0.0626. The Kier molecular flexibility index (Phi) is 7.00. The largest absolute Gasteiger partial charge is 0.466 e. The minimum atomic E-state index is -2.66. The number of ether oxygens (including phenoxy) is 2. The molecule has 0 aromatic heterocycles. The highest BCUT2D eigenvalue weighted by Gasteiger charge is 2.58. The number of benzene rings is 2. The number of ketones is 1.